The van der Waals surface area contributed by atoms with Crippen LogP contribution in [0.15, 0.2) is 42.7 Å². The van der Waals surface area contributed by atoms with Crippen molar-refractivity contribution in [2.75, 3.05) is 58.0 Å². The Labute approximate surface area is 248 Å². The van der Waals surface area contributed by atoms with Gasteiger partial charge in [0.25, 0.3) is 0 Å². The number of amides is 3. The predicted molar refractivity (Wildman–Crippen MR) is 162 cm³/mol. The molecule has 226 valence electrons. The molecule has 0 unspecified atom stereocenters. The van der Waals surface area contributed by atoms with E-state index in [1.807, 2.05) is 55.8 Å². The fourth-order valence-corrected chi connectivity index (χ4v) is 5.84. The molecule has 42 heavy (non-hydrogen) atoms. The number of rotatable bonds is 11. The van der Waals surface area contributed by atoms with Crippen LogP contribution < -0.4 is 14.4 Å². The molecule has 0 spiro atoms. The first-order chi connectivity index (χ1) is 20.5. The number of benzene rings is 1. The minimum Gasteiger partial charge on any atom is -0.493 e. The number of carbonyl (C=O) groups is 2. The van der Waals surface area contributed by atoms with E-state index < -0.39 is 0 Å². The third-order valence-corrected chi connectivity index (χ3v) is 8.22. The van der Waals surface area contributed by atoms with Gasteiger partial charge in [-0.2, -0.15) is 0 Å². The summed E-state index contributed by atoms with van der Waals surface area (Å²) in [4.78, 5) is 37.2. The fraction of sp³-hybridized carbons (Fsp3) is 0.531. The van der Waals surface area contributed by atoms with Gasteiger partial charge in [0.15, 0.2) is 11.5 Å². The first-order valence-electron chi connectivity index (χ1n) is 15.2. The molecule has 0 bridgehead atoms. The molecule has 10 heteroatoms. The Morgan fingerprint density at radius 2 is 1.93 bits per heavy atom. The molecule has 0 radical (unpaired) electrons. The molecule has 10 nitrogen and oxygen atoms in total. The average Bonchev–Trinajstić information content (AvgIpc) is 3.22. The zero-order valence-corrected chi connectivity index (χ0v) is 25.1. The van der Waals surface area contributed by atoms with Crippen LogP contribution in [0.25, 0.3) is 11.0 Å². The van der Waals surface area contributed by atoms with Crippen molar-refractivity contribution >= 4 is 28.7 Å². The van der Waals surface area contributed by atoms with Gasteiger partial charge in [0.2, 0.25) is 5.91 Å². The van der Waals surface area contributed by atoms with E-state index in [0.29, 0.717) is 57.5 Å². The van der Waals surface area contributed by atoms with Crippen molar-refractivity contribution in [2.45, 2.75) is 58.5 Å². The van der Waals surface area contributed by atoms with Crippen LogP contribution in [-0.2, 0) is 16.1 Å². The summed E-state index contributed by atoms with van der Waals surface area (Å²) in [5.74, 6) is 1.38. The van der Waals surface area contributed by atoms with Crippen molar-refractivity contribution in [1.82, 2.24) is 19.4 Å². The SMILES string of the molecule is CCCCCOc1cc(N2CCCN([C@@H](C)c3ccnc4c3ccn4CC(=O)N3CCCOCC3)C2=O)ccc1OC. The van der Waals surface area contributed by atoms with Crippen molar-refractivity contribution in [3.05, 3.63) is 48.3 Å². The van der Waals surface area contributed by atoms with Crippen LogP contribution in [0, 0.1) is 0 Å². The molecular weight excluding hydrogens is 534 g/mol. The topological polar surface area (TPSA) is 89.4 Å². The molecule has 2 aromatic heterocycles. The highest BCUT2D eigenvalue weighted by Crippen LogP contribution is 2.35. The van der Waals surface area contributed by atoms with Gasteiger partial charge in [0, 0.05) is 62.3 Å². The normalized spacial score (nSPS) is 16.9. The minimum absolute atomic E-state index is 0.0428. The molecule has 0 aliphatic carbocycles. The fourth-order valence-electron chi connectivity index (χ4n) is 5.84. The molecule has 1 atom stereocenters. The maximum atomic E-state index is 13.9. The molecule has 2 fully saturated rings. The van der Waals surface area contributed by atoms with Crippen LogP contribution in [0.5, 0.6) is 11.5 Å². The van der Waals surface area contributed by atoms with Gasteiger partial charge < -0.3 is 28.6 Å². The number of hydrogen-bond acceptors (Lipinski definition) is 6. The van der Waals surface area contributed by atoms with E-state index in [9.17, 15) is 9.59 Å². The Morgan fingerprint density at radius 1 is 1.05 bits per heavy atom. The van der Waals surface area contributed by atoms with Crippen LogP contribution in [-0.4, -0.2) is 84.4 Å². The lowest BCUT2D eigenvalue weighted by Crippen LogP contribution is -2.50. The second kappa shape index (κ2) is 13.9. The molecule has 3 aromatic rings. The predicted octanol–water partition coefficient (Wildman–Crippen LogP) is 5.26. The Morgan fingerprint density at radius 3 is 2.76 bits per heavy atom. The summed E-state index contributed by atoms with van der Waals surface area (Å²) < 4.78 is 19.0. The van der Waals surface area contributed by atoms with E-state index in [1.165, 1.54) is 0 Å². The molecule has 2 saturated heterocycles. The summed E-state index contributed by atoms with van der Waals surface area (Å²) >= 11 is 0. The summed E-state index contributed by atoms with van der Waals surface area (Å²) in [5, 5.41) is 0.953. The van der Waals surface area contributed by atoms with Crippen molar-refractivity contribution in [3.63, 3.8) is 0 Å². The van der Waals surface area contributed by atoms with Gasteiger partial charge in [-0.3, -0.25) is 9.69 Å². The molecular formula is C32H43N5O5. The summed E-state index contributed by atoms with van der Waals surface area (Å²) in [6.07, 6.45) is 8.59. The maximum Gasteiger partial charge on any atom is 0.324 e. The zero-order chi connectivity index (χ0) is 29.5. The van der Waals surface area contributed by atoms with Gasteiger partial charge in [0.05, 0.1) is 26.4 Å². The molecule has 0 N–H and O–H groups in total. The lowest BCUT2D eigenvalue weighted by Gasteiger charge is -2.39. The van der Waals surface area contributed by atoms with Crippen LogP contribution in [0.4, 0.5) is 10.5 Å². The number of ether oxygens (including phenoxy) is 3. The summed E-state index contributed by atoms with van der Waals surface area (Å²) in [5.41, 5.74) is 2.56. The maximum absolute atomic E-state index is 13.9. The standard InChI is InChI=1S/C32H43N5O5/c1-4-5-6-20-42-29-22-25(9-10-28(29)40-3)37-16-7-15-36(32(37)39)24(2)26-11-13-33-31-27(26)12-17-35(31)23-30(38)34-14-8-19-41-21-18-34/h9-13,17,22,24H,4-8,14-16,18-21,23H2,1-3H3/t24-/m0/s1. The second-order valence-corrected chi connectivity index (χ2v) is 11.0. The van der Waals surface area contributed by atoms with Crippen LogP contribution in [0.1, 0.15) is 57.6 Å². The molecule has 2 aliphatic rings. The van der Waals surface area contributed by atoms with E-state index >= 15 is 0 Å². The van der Waals surface area contributed by atoms with E-state index in [4.69, 9.17) is 14.2 Å². The van der Waals surface area contributed by atoms with Gasteiger partial charge in [-0.1, -0.05) is 19.8 Å². The number of anilines is 1. The van der Waals surface area contributed by atoms with Crippen LogP contribution >= 0.6 is 0 Å². The largest absolute Gasteiger partial charge is 0.493 e. The van der Waals surface area contributed by atoms with E-state index in [2.05, 4.69) is 18.8 Å². The number of unbranched alkanes of at least 4 members (excludes halogenated alkanes) is 2. The van der Waals surface area contributed by atoms with Crippen molar-refractivity contribution in [2.24, 2.45) is 0 Å². The Balaban J connectivity index is 1.33. The van der Waals surface area contributed by atoms with Crippen LogP contribution in [0.2, 0.25) is 0 Å². The first-order valence-corrected chi connectivity index (χ1v) is 15.2. The highest BCUT2D eigenvalue weighted by Gasteiger charge is 2.32. The third-order valence-electron chi connectivity index (χ3n) is 8.22. The van der Waals surface area contributed by atoms with Gasteiger partial charge in [-0.15, -0.1) is 0 Å². The van der Waals surface area contributed by atoms with Gasteiger partial charge in [-0.25, -0.2) is 9.78 Å². The van der Waals surface area contributed by atoms with E-state index in [-0.39, 0.29) is 24.5 Å². The van der Waals surface area contributed by atoms with E-state index in [1.54, 1.807) is 13.3 Å². The third kappa shape index (κ3) is 6.48. The minimum atomic E-state index is -0.178. The number of nitrogens with zero attached hydrogens (tertiary/aromatic N) is 5. The first kappa shape index (κ1) is 29.7. The number of aromatic nitrogens is 2. The average molecular weight is 578 g/mol. The zero-order valence-electron chi connectivity index (χ0n) is 25.1. The summed E-state index contributed by atoms with van der Waals surface area (Å²) in [6.45, 7) is 8.95. The molecule has 0 saturated carbocycles. The Kier molecular flexibility index (Phi) is 9.84. The second-order valence-electron chi connectivity index (χ2n) is 11.0. The summed E-state index contributed by atoms with van der Waals surface area (Å²) in [6, 6.07) is 9.46. The smallest absolute Gasteiger partial charge is 0.324 e. The van der Waals surface area contributed by atoms with Crippen molar-refractivity contribution in [3.8, 4) is 11.5 Å². The monoisotopic (exact) mass is 577 g/mol. The molecule has 2 aliphatic heterocycles. The van der Waals surface area contributed by atoms with Crippen molar-refractivity contribution < 1.29 is 23.8 Å². The van der Waals surface area contributed by atoms with E-state index in [0.717, 1.165) is 54.4 Å². The number of hydrogen-bond donors (Lipinski definition) is 0. The van der Waals surface area contributed by atoms with Crippen molar-refractivity contribution in [1.29, 1.82) is 0 Å². The van der Waals surface area contributed by atoms with Gasteiger partial charge in [0.1, 0.15) is 12.2 Å². The highest BCUT2D eigenvalue weighted by molar-refractivity contribution is 5.94. The number of fused-ring (bicyclic) bond motifs is 1. The lowest BCUT2D eigenvalue weighted by atomic mass is 10.0. The lowest BCUT2D eigenvalue weighted by molar-refractivity contribution is -0.131. The quantitative estimate of drug-likeness (QED) is 0.289. The number of pyridine rings is 1. The summed E-state index contributed by atoms with van der Waals surface area (Å²) in [7, 11) is 1.63. The van der Waals surface area contributed by atoms with Gasteiger partial charge >= 0.3 is 6.03 Å². The number of urea groups is 1. The number of methoxy groups -OCH3 is 1. The van der Waals surface area contributed by atoms with Crippen LogP contribution in [0.3, 0.4) is 0 Å². The Bertz CT molecular complexity index is 1370. The Hall–Kier alpha value is -3.79. The molecule has 1 aromatic carbocycles. The highest BCUT2D eigenvalue weighted by atomic mass is 16.5. The number of carbonyl (C=O) groups excluding carboxylic acids is 2. The molecule has 3 amide bonds. The van der Waals surface area contributed by atoms with Gasteiger partial charge in [-0.05, 0) is 56.0 Å². The molecule has 5 rings (SSSR count). The molecule has 4 heterocycles.